The van der Waals surface area contributed by atoms with E-state index >= 15 is 0 Å². The van der Waals surface area contributed by atoms with Crippen LogP contribution in [0.15, 0.2) is 90.2 Å². The molecule has 1 amide bonds. The first kappa shape index (κ1) is 29.5. The maximum Gasteiger partial charge on any atom is 0.268 e. The van der Waals surface area contributed by atoms with E-state index in [1.807, 2.05) is 67.7 Å². The Hall–Kier alpha value is -5.22. The fraction of sp³-hybridized carbons (Fsp3) is 0.194. The maximum absolute atomic E-state index is 14.2. The number of aryl methyl sites for hydroxylation is 3. The fourth-order valence-electron chi connectivity index (χ4n) is 6.34. The standard InChI is InChI=1S/C36H32N4O5S/c1-21-13-22(2)35(23(3)14-21)46(43,44)40-19-31(29-10-8-25(17-32(29)40)24-5-6-24)33(41)20-45-34-18-26-7-9-28(39-12-4-11-38-39)15-27(26)16-30(34)36(37)42/h4,7-19,24H,5-6,20H2,1-3H3,(H2,37,42). The average molecular weight is 633 g/mol. The van der Waals surface area contributed by atoms with Crippen molar-refractivity contribution in [1.29, 1.82) is 0 Å². The van der Waals surface area contributed by atoms with Crippen molar-refractivity contribution in [2.45, 2.75) is 44.4 Å². The number of fused-ring (bicyclic) bond motifs is 2. The summed E-state index contributed by atoms with van der Waals surface area (Å²) in [7, 11) is -4.05. The molecule has 10 heteroatoms. The van der Waals surface area contributed by atoms with Crippen molar-refractivity contribution < 1.29 is 22.7 Å². The highest BCUT2D eigenvalue weighted by molar-refractivity contribution is 7.90. The van der Waals surface area contributed by atoms with Gasteiger partial charge in [-0.3, -0.25) is 9.59 Å². The third kappa shape index (κ3) is 5.14. The van der Waals surface area contributed by atoms with Crippen molar-refractivity contribution in [2.75, 3.05) is 6.61 Å². The molecule has 4 aromatic carbocycles. The number of amides is 1. The summed E-state index contributed by atoms with van der Waals surface area (Å²) in [5.74, 6) is -0.581. The lowest BCUT2D eigenvalue weighted by atomic mass is 10.0. The van der Waals surface area contributed by atoms with E-state index in [0.717, 1.165) is 40.4 Å². The molecule has 7 rings (SSSR count). The van der Waals surface area contributed by atoms with Gasteiger partial charge in [0, 0.05) is 29.5 Å². The predicted molar refractivity (Wildman–Crippen MR) is 177 cm³/mol. The monoisotopic (exact) mass is 632 g/mol. The first-order valence-corrected chi connectivity index (χ1v) is 16.5. The molecule has 0 atom stereocenters. The highest BCUT2D eigenvalue weighted by atomic mass is 32.2. The van der Waals surface area contributed by atoms with E-state index in [1.165, 1.54) is 10.2 Å². The van der Waals surface area contributed by atoms with E-state index in [1.54, 1.807) is 36.9 Å². The molecule has 0 saturated heterocycles. The van der Waals surface area contributed by atoms with Crippen molar-refractivity contribution >= 4 is 43.4 Å². The van der Waals surface area contributed by atoms with Crippen LogP contribution in [0.5, 0.6) is 5.75 Å². The minimum atomic E-state index is -4.05. The van der Waals surface area contributed by atoms with Gasteiger partial charge in [-0.25, -0.2) is 17.1 Å². The number of ether oxygens (including phenoxy) is 1. The van der Waals surface area contributed by atoms with E-state index in [2.05, 4.69) is 5.10 Å². The van der Waals surface area contributed by atoms with Crippen LogP contribution >= 0.6 is 0 Å². The molecule has 1 aliphatic rings. The third-order valence-electron chi connectivity index (χ3n) is 8.58. The lowest BCUT2D eigenvalue weighted by Gasteiger charge is -2.14. The fourth-order valence-corrected chi connectivity index (χ4v) is 8.12. The summed E-state index contributed by atoms with van der Waals surface area (Å²) in [6.45, 7) is 5.07. The summed E-state index contributed by atoms with van der Waals surface area (Å²) in [4.78, 5) is 26.5. The quantitative estimate of drug-likeness (QED) is 0.184. The molecule has 9 nitrogen and oxygen atoms in total. The molecule has 46 heavy (non-hydrogen) atoms. The van der Waals surface area contributed by atoms with Crippen LogP contribution in [-0.4, -0.2) is 40.5 Å². The number of primary amides is 1. The van der Waals surface area contributed by atoms with Crippen molar-refractivity contribution in [1.82, 2.24) is 13.8 Å². The number of carbonyl (C=O) groups excluding carboxylic acids is 2. The van der Waals surface area contributed by atoms with Gasteiger partial charge in [0.15, 0.2) is 6.61 Å². The van der Waals surface area contributed by atoms with Gasteiger partial charge in [0.25, 0.3) is 15.9 Å². The molecule has 6 aromatic rings. The Bertz CT molecular complexity index is 2290. The Balaban J connectivity index is 1.26. The van der Waals surface area contributed by atoms with E-state index in [4.69, 9.17) is 10.5 Å². The molecule has 1 saturated carbocycles. The number of nitrogens with zero attached hydrogens (tertiary/aromatic N) is 3. The molecule has 0 aliphatic heterocycles. The lowest BCUT2D eigenvalue weighted by Crippen LogP contribution is -2.17. The van der Waals surface area contributed by atoms with Crippen molar-refractivity contribution in [3.63, 3.8) is 0 Å². The summed E-state index contributed by atoms with van der Waals surface area (Å²) in [6.07, 6.45) is 6.99. The van der Waals surface area contributed by atoms with Gasteiger partial charge in [-0.2, -0.15) is 5.10 Å². The number of ketones is 1. The zero-order valence-electron chi connectivity index (χ0n) is 25.7. The normalized spacial score (nSPS) is 13.4. The van der Waals surface area contributed by atoms with Gasteiger partial charge >= 0.3 is 0 Å². The molecule has 2 aromatic heterocycles. The Morgan fingerprint density at radius 1 is 0.935 bits per heavy atom. The number of rotatable bonds is 9. The van der Waals surface area contributed by atoms with Gasteiger partial charge in [0.1, 0.15) is 5.75 Å². The van der Waals surface area contributed by atoms with Crippen molar-refractivity contribution in [2.24, 2.45) is 5.73 Å². The minimum absolute atomic E-state index is 0.127. The molecule has 0 bridgehead atoms. The molecule has 2 heterocycles. The van der Waals surface area contributed by atoms with E-state index < -0.39 is 28.3 Å². The Morgan fingerprint density at radius 2 is 1.70 bits per heavy atom. The first-order chi connectivity index (χ1) is 22.0. The molecule has 1 fully saturated rings. The summed E-state index contributed by atoms with van der Waals surface area (Å²) in [5, 5.41) is 6.30. The zero-order chi connectivity index (χ0) is 32.3. The zero-order valence-corrected chi connectivity index (χ0v) is 26.5. The van der Waals surface area contributed by atoms with E-state index in [-0.39, 0.29) is 21.8 Å². The molecular weight excluding hydrogens is 600 g/mol. The Labute approximate surface area is 266 Å². The number of nitrogens with two attached hydrogens (primary N) is 1. The van der Waals surface area contributed by atoms with Gasteiger partial charge in [0.05, 0.1) is 21.7 Å². The van der Waals surface area contributed by atoms with Crippen LogP contribution in [-0.2, 0) is 10.0 Å². The van der Waals surface area contributed by atoms with Crippen LogP contribution in [0.3, 0.4) is 0 Å². The van der Waals surface area contributed by atoms with Crippen LogP contribution in [0.4, 0.5) is 0 Å². The molecule has 2 N–H and O–H groups in total. The maximum atomic E-state index is 14.2. The molecule has 0 spiro atoms. The molecule has 0 unspecified atom stereocenters. The highest BCUT2D eigenvalue weighted by Crippen LogP contribution is 2.42. The van der Waals surface area contributed by atoms with Crippen LogP contribution < -0.4 is 10.5 Å². The van der Waals surface area contributed by atoms with Crippen LogP contribution in [0.25, 0.3) is 27.4 Å². The Morgan fingerprint density at radius 3 is 2.37 bits per heavy atom. The summed E-state index contributed by atoms with van der Waals surface area (Å²) >= 11 is 0. The smallest absolute Gasteiger partial charge is 0.268 e. The molecule has 0 radical (unpaired) electrons. The predicted octanol–water partition coefficient (Wildman–Crippen LogP) is 6.38. The van der Waals surface area contributed by atoms with Gasteiger partial charge in [-0.05, 0) is 103 Å². The number of benzene rings is 4. The minimum Gasteiger partial charge on any atom is -0.485 e. The largest absolute Gasteiger partial charge is 0.485 e. The topological polar surface area (TPSA) is 126 Å². The second-order valence-corrected chi connectivity index (χ2v) is 13.8. The molecule has 232 valence electrons. The summed E-state index contributed by atoms with van der Waals surface area (Å²) in [6, 6.07) is 20.1. The number of Topliss-reactive ketones (excluding diaryl/α,β-unsaturated/α-hetero) is 1. The van der Waals surface area contributed by atoms with Gasteiger partial charge in [-0.15, -0.1) is 0 Å². The SMILES string of the molecule is Cc1cc(C)c(S(=O)(=O)n2cc(C(=O)COc3cc4ccc(-n5cccn5)cc4cc3C(N)=O)c3ccc(C4CC4)cc32)c(C)c1. The van der Waals surface area contributed by atoms with E-state index in [9.17, 15) is 18.0 Å². The number of hydrogen-bond acceptors (Lipinski definition) is 6. The Kier molecular flexibility index (Phi) is 7.05. The van der Waals surface area contributed by atoms with Gasteiger partial charge in [0.2, 0.25) is 5.78 Å². The van der Waals surface area contributed by atoms with E-state index in [0.29, 0.717) is 27.9 Å². The molecule has 1 aliphatic carbocycles. The van der Waals surface area contributed by atoms with Crippen molar-refractivity contribution in [3.8, 4) is 11.4 Å². The summed E-state index contributed by atoms with van der Waals surface area (Å²) < 4.78 is 37.3. The number of hydrogen-bond donors (Lipinski definition) is 1. The lowest BCUT2D eigenvalue weighted by molar-refractivity contribution is 0.0914. The second-order valence-electron chi connectivity index (χ2n) is 12.0. The molecular formula is C36H32N4O5S. The van der Waals surface area contributed by atoms with Crippen LogP contribution in [0.1, 0.15) is 61.7 Å². The highest BCUT2D eigenvalue weighted by Gasteiger charge is 2.29. The van der Waals surface area contributed by atoms with Gasteiger partial charge < -0.3 is 10.5 Å². The average Bonchev–Trinajstić information content (AvgIpc) is 3.56. The number of carbonyl (C=O) groups is 2. The first-order valence-electron chi connectivity index (χ1n) is 15.0. The third-order valence-corrected chi connectivity index (χ3v) is 10.6. The number of aromatic nitrogens is 3. The second kappa shape index (κ2) is 11.0. The van der Waals surface area contributed by atoms with Crippen LogP contribution in [0.2, 0.25) is 0 Å². The summed E-state index contributed by atoms with van der Waals surface area (Å²) in [5.41, 5.74) is 10.6. The van der Waals surface area contributed by atoms with Crippen molar-refractivity contribution in [3.05, 3.63) is 119 Å². The van der Waals surface area contributed by atoms with Crippen LogP contribution in [0, 0.1) is 20.8 Å². The van der Waals surface area contributed by atoms with Gasteiger partial charge in [-0.1, -0.05) is 35.9 Å².